The van der Waals surface area contributed by atoms with E-state index in [0.29, 0.717) is 49.0 Å². The van der Waals surface area contributed by atoms with E-state index in [1.165, 1.54) is 17.6 Å². The van der Waals surface area contributed by atoms with Gasteiger partial charge in [-0.3, -0.25) is 4.79 Å². The van der Waals surface area contributed by atoms with Crippen LogP contribution < -0.4 is 14.4 Å². The van der Waals surface area contributed by atoms with Gasteiger partial charge in [-0.05, 0) is 35.9 Å². The number of hydrogen-bond donors (Lipinski definition) is 0. The monoisotopic (exact) mass is 459 g/mol. The highest BCUT2D eigenvalue weighted by Gasteiger charge is 2.24. The second-order valence-electron chi connectivity index (χ2n) is 7.63. The molecule has 0 radical (unpaired) electrons. The molecule has 0 saturated carbocycles. The summed E-state index contributed by atoms with van der Waals surface area (Å²) >= 11 is 1.48. The minimum atomic E-state index is -3.25. The van der Waals surface area contributed by atoms with Gasteiger partial charge in [-0.25, -0.2) is 13.4 Å². The summed E-state index contributed by atoms with van der Waals surface area (Å²) in [4.78, 5) is 21.7. The van der Waals surface area contributed by atoms with Gasteiger partial charge in [-0.2, -0.15) is 0 Å². The van der Waals surface area contributed by atoms with Crippen molar-refractivity contribution in [2.45, 2.75) is 11.3 Å². The molecule has 31 heavy (non-hydrogen) atoms. The van der Waals surface area contributed by atoms with Crippen LogP contribution in [0.1, 0.15) is 5.56 Å². The van der Waals surface area contributed by atoms with Crippen molar-refractivity contribution in [2.24, 2.45) is 0 Å². The Morgan fingerprint density at radius 2 is 1.84 bits per heavy atom. The van der Waals surface area contributed by atoms with E-state index >= 15 is 0 Å². The predicted molar refractivity (Wildman–Crippen MR) is 118 cm³/mol. The number of fused-ring (bicyclic) bond motifs is 2. The van der Waals surface area contributed by atoms with E-state index in [1.54, 1.807) is 18.2 Å². The Bertz CT molecular complexity index is 1260. The average molecular weight is 460 g/mol. The number of aromatic nitrogens is 1. The Balaban J connectivity index is 1.23. The maximum Gasteiger partial charge on any atom is 0.231 e. The van der Waals surface area contributed by atoms with Gasteiger partial charge < -0.3 is 19.3 Å². The third kappa shape index (κ3) is 4.05. The van der Waals surface area contributed by atoms with Crippen LogP contribution in [-0.2, 0) is 21.1 Å². The van der Waals surface area contributed by atoms with Crippen molar-refractivity contribution in [3.63, 3.8) is 0 Å². The lowest BCUT2D eigenvalue weighted by Gasteiger charge is -2.34. The highest BCUT2D eigenvalue weighted by Crippen LogP contribution is 2.33. The molecule has 5 rings (SSSR count). The lowest BCUT2D eigenvalue weighted by molar-refractivity contribution is -0.130. The first kappa shape index (κ1) is 20.1. The van der Waals surface area contributed by atoms with Crippen molar-refractivity contribution < 1.29 is 22.7 Å². The van der Waals surface area contributed by atoms with Crippen LogP contribution in [-0.4, -0.2) is 63.4 Å². The highest BCUT2D eigenvalue weighted by atomic mass is 32.2. The van der Waals surface area contributed by atoms with Crippen LogP contribution in [0.15, 0.2) is 41.3 Å². The topological polar surface area (TPSA) is 89.0 Å². The van der Waals surface area contributed by atoms with Gasteiger partial charge >= 0.3 is 0 Å². The number of thiazole rings is 1. The van der Waals surface area contributed by atoms with E-state index in [4.69, 9.17) is 9.47 Å². The number of piperazine rings is 1. The van der Waals surface area contributed by atoms with Crippen LogP contribution in [0.4, 0.5) is 5.13 Å². The number of ether oxygens (including phenoxy) is 2. The zero-order valence-electron chi connectivity index (χ0n) is 16.9. The molecule has 0 unspecified atom stereocenters. The van der Waals surface area contributed by atoms with E-state index in [1.807, 2.05) is 23.1 Å². The predicted octanol–water partition coefficient (Wildman–Crippen LogP) is 2.32. The first-order valence-corrected chi connectivity index (χ1v) is 12.6. The van der Waals surface area contributed by atoms with E-state index in [0.717, 1.165) is 20.9 Å². The average Bonchev–Trinajstić information content (AvgIpc) is 3.39. The number of hydrogen-bond acceptors (Lipinski definition) is 8. The van der Waals surface area contributed by atoms with Crippen molar-refractivity contribution in [3.05, 3.63) is 42.0 Å². The molecule has 0 bridgehead atoms. The lowest BCUT2D eigenvalue weighted by Crippen LogP contribution is -2.49. The molecule has 1 saturated heterocycles. The minimum absolute atomic E-state index is 0.0839. The number of carbonyl (C=O) groups is 1. The molecular weight excluding hydrogens is 438 g/mol. The van der Waals surface area contributed by atoms with Gasteiger partial charge in [-0.1, -0.05) is 17.4 Å². The number of sulfone groups is 1. The van der Waals surface area contributed by atoms with Crippen LogP contribution in [0.2, 0.25) is 0 Å². The summed E-state index contributed by atoms with van der Waals surface area (Å²) in [6.45, 7) is 2.83. The van der Waals surface area contributed by atoms with E-state index in [2.05, 4.69) is 9.88 Å². The molecule has 2 aliphatic rings. The third-order valence-electron chi connectivity index (χ3n) is 5.47. The van der Waals surface area contributed by atoms with Crippen LogP contribution >= 0.6 is 11.3 Å². The largest absolute Gasteiger partial charge is 0.454 e. The number of anilines is 1. The van der Waals surface area contributed by atoms with Crippen molar-refractivity contribution >= 4 is 42.4 Å². The molecule has 10 heteroatoms. The van der Waals surface area contributed by atoms with Crippen LogP contribution in [0.5, 0.6) is 11.5 Å². The van der Waals surface area contributed by atoms with Crippen molar-refractivity contribution in [1.82, 2.24) is 9.88 Å². The number of nitrogens with zero attached hydrogens (tertiary/aromatic N) is 3. The molecule has 162 valence electrons. The van der Waals surface area contributed by atoms with E-state index < -0.39 is 9.84 Å². The molecule has 1 aromatic heterocycles. The number of rotatable bonds is 4. The molecule has 2 aliphatic heterocycles. The van der Waals surface area contributed by atoms with Gasteiger partial charge in [0, 0.05) is 32.4 Å². The fourth-order valence-electron chi connectivity index (χ4n) is 3.74. The summed E-state index contributed by atoms with van der Waals surface area (Å²) in [5.74, 6) is 1.48. The van der Waals surface area contributed by atoms with Gasteiger partial charge in [0.2, 0.25) is 12.7 Å². The van der Waals surface area contributed by atoms with E-state index in [-0.39, 0.29) is 12.7 Å². The molecule has 3 heterocycles. The summed E-state index contributed by atoms with van der Waals surface area (Å²) in [5, 5.41) is 0.850. The summed E-state index contributed by atoms with van der Waals surface area (Å²) in [6, 6.07) is 10.6. The molecule has 1 amide bonds. The molecule has 0 spiro atoms. The highest BCUT2D eigenvalue weighted by molar-refractivity contribution is 7.90. The molecule has 8 nitrogen and oxygen atoms in total. The van der Waals surface area contributed by atoms with Gasteiger partial charge in [0.15, 0.2) is 26.5 Å². The summed E-state index contributed by atoms with van der Waals surface area (Å²) < 4.78 is 35.1. The summed E-state index contributed by atoms with van der Waals surface area (Å²) in [7, 11) is -3.25. The van der Waals surface area contributed by atoms with E-state index in [9.17, 15) is 13.2 Å². The van der Waals surface area contributed by atoms with Gasteiger partial charge in [0.05, 0.1) is 21.5 Å². The van der Waals surface area contributed by atoms with Crippen molar-refractivity contribution in [2.75, 3.05) is 44.1 Å². The van der Waals surface area contributed by atoms with Gasteiger partial charge in [0.25, 0.3) is 0 Å². The second kappa shape index (κ2) is 7.69. The quantitative estimate of drug-likeness (QED) is 0.592. The van der Waals surface area contributed by atoms with Crippen molar-refractivity contribution in [1.29, 1.82) is 0 Å². The summed E-state index contributed by atoms with van der Waals surface area (Å²) in [6.07, 6.45) is 1.53. The lowest BCUT2D eigenvalue weighted by atomic mass is 10.1. The van der Waals surface area contributed by atoms with Crippen molar-refractivity contribution in [3.8, 4) is 11.5 Å². The minimum Gasteiger partial charge on any atom is -0.454 e. The first-order valence-electron chi connectivity index (χ1n) is 9.89. The van der Waals surface area contributed by atoms with Crippen LogP contribution in [0, 0.1) is 0 Å². The molecule has 0 atom stereocenters. The third-order valence-corrected chi connectivity index (χ3v) is 7.66. The zero-order chi connectivity index (χ0) is 21.6. The van der Waals surface area contributed by atoms with Gasteiger partial charge in [-0.15, -0.1) is 0 Å². The molecule has 1 fully saturated rings. The molecule has 0 N–H and O–H groups in total. The summed E-state index contributed by atoms with van der Waals surface area (Å²) in [5.41, 5.74) is 1.69. The maximum atomic E-state index is 12.7. The van der Waals surface area contributed by atoms with Gasteiger partial charge in [0.1, 0.15) is 0 Å². The first-order chi connectivity index (χ1) is 14.9. The molecule has 2 aromatic carbocycles. The normalized spacial score (nSPS) is 16.2. The Labute approximate surface area is 183 Å². The maximum absolute atomic E-state index is 12.7. The number of carbonyl (C=O) groups excluding carboxylic acids is 1. The Morgan fingerprint density at radius 1 is 1.06 bits per heavy atom. The number of amides is 1. The second-order valence-corrected chi connectivity index (χ2v) is 10.7. The molecular formula is C21H21N3O5S2. The Morgan fingerprint density at radius 3 is 2.61 bits per heavy atom. The molecule has 0 aliphatic carbocycles. The Hall–Kier alpha value is -2.85. The standard InChI is InChI=1S/C21H21N3O5S2/c1-31(26,27)15-3-4-16-19(12-15)30-21(22-16)24-8-6-23(7-9-24)20(25)11-14-2-5-17-18(10-14)29-13-28-17/h2-5,10,12H,6-9,11,13H2,1H3. The fourth-order valence-corrected chi connectivity index (χ4v) is 5.52. The van der Waals surface area contributed by atoms with Crippen LogP contribution in [0.3, 0.4) is 0 Å². The van der Waals surface area contributed by atoms with Crippen LogP contribution in [0.25, 0.3) is 10.2 Å². The SMILES string of the molecule is CS(=O)(=O)c1ccc2nc(N3CCN(C(=O)Cc4ccc5c(c4)OCO5)CC3)sc2c1. The smallest absolute Gasteiger partial charge is 0.231 e. The Kier molecular flexibility index (Phi) is 4.98. The zero-order valence-corrected chi connectivity index (χ0v) is 18.5. The number of benzene rings is 2. The fraction of sp³-hybridized carbons (Fsp3) is 0.333. The molecule has 3 aromatic rings.